The lowest BCUT2D eigenvalue weighted by Gasteiger charge is -2.23. The molecule has 0 spiro atoms. The Morgan fingerprint density at radius 3 is 1.46 bits per heavy atom. The second-order valence-corrected chi connectivity index (χ2v) is 16.9. The molecule has 2 aliphatic carbocycles. The Morgan fingerprint density at radius 2 is 0.714 bits per heavy atom. The zero-order valence-corrected chi connectivity index (χ0v) is 32.3. The zero-order valence-electron chi connectivity index (χ0n) is 32.3. The standard InChI is InChI=1S/C56H42/c1-55(2)50-24-13-11-20-42(50)47-33-40(27-30-51(47)55)54-45-22-9-8-21-44(45)53(39-18-14-17-36(31-39)35-15-6-5-7-16-35)46-29-26-37(32-48(46)54)38-25-28-43-41-19-10-12-23-49(41)56(3,4)52(43)34-38/h5-34H,1-4H3. The minimum atomic E-state index is -0.0639. The summed E-state index contributed by atoms with van der Waals surface area (Å²) in [6.07, 6.45) is 0. The minimum absolute atomic E-state index is 0.0452. The van der Waals surface area contributed by atoms with Gasteiger partial charge in [0.05, 0.1) is 0 Å². The summed E-state index contributed by atoms with van der Waals surface area (Å²) in [6.45, 7) is 9.47. The second-order valence-electron chi connectivity index (χ2n) is 16.9. The summed E-state index contributed by atoms with van der Waals surface area (Å²) in [5, 5.41) is 5.08. The van der Waals surface area contributed by atoms with Crippen LogP contribution < -0.4 is 0 Å². The first-order chi connectivity index (χ1) is 27.3. The molecule has 0 aromatic heterocycles. The number of benzene rings is 9. The third kappa shape index (κ3) is 4.72. The maximum absolute atomic E-state index is 2.48. The van der Waals surface area contributed by atoms with E-state index in [2.05, 4.69) is 210 Å². The van der Waals surface area contributed by atoms with Crippen LogP contribution in [0.4, 0.5) is 0 Å². The van der Waals surface area contributed by atoms with Crippen molar-refractivity contribution in [2.24, 2.45) is 0 Å². The van der Waals surface area contributed by atoms with Crippen LogP contribution in [0.15, 0.2) is 182 Å². The van der Waals surface area contributed by atoms with Crippen LogP contribution >= 0.6 is 0 Å². The molecule has 0 heterocycles. The molecule has 9 aromatic carbocycles. The largest absolute Gasteiger partial charge is 0.0622 e. The monoisotopic (exact) mass is 714 g/mol. The van der Waals surface area contributed by atoms with Crippen LogP contribution in [0.5, 0.6) is 0 Å². The van der Waals surface area contributed by atoms with E-state index < -0.39 is 0 Å². The maximum Gasteiger partial charge on any atom is 0.0159 e. The quantitative estimate of drug-likeness (QED) is 0.159. The average molecular weight is 715 g/mol. The summed E-state index contributed by atoms with van der Waals surface area (Å²) in [6, 6.07) is 68.4. The van der Waals surface area contributed by atoms with E-state index in [1.54, 1.807) is 0 Å². The molecule has 0 N–H and O–H groups in total. The lowest BCUT2D eigenvalue weighted by Crippen LogP contribution is -2.14. The average Bonchev–Trinajstić information content (AvgIpc) is 3.61. The summed E-state index contributed by atoms with van der Waals surface area (Å²) in [7, 11) is 0. The molecule has 0 atom stereocenters. The maximum atomic E-state index is 2.48. The summed E-state index contributed by atoms with van der Waals surface area (Å²) in [5.74, 6) is 0. The van der Waals surface area contributed by atoms with Gasteiger partial charge in [-0.05, 0) is 135 Å². The topological polar surface area (TPSA) is 0 Å². The van der Waals surface area contributed by atoms with E-state index in [4.69, 9.17) is 0 Å². The van der Waals surface area contributed by atoms with E-state index >= 15 is 0 Å². The lowest BCUT2D eigenvalue weighted by atomic mass is 9.80. The number of hydrogen-bond acceptors (Lipinski definition) is 0. The fraction of sp³-hybridized carbons (Fsp3) is 0.107. The van der Waals surface area contributed by atoms with Gasteiger partial charge in [-0.15, -0.1) is 0 Å². The molecule has 0 saturated carbocycles. The number of rotatable bonds is 4. The van der Waals surface area contributed by atoms with Crippen molar-refractivity contribution >= 4 is 21.5 Å². The van der Waals surface area contributed by atoms with E-state index in [1.807, 2.05) is 0 Å². The molecule has 0 unspecified atom stereocenters. The molecule has 0 fully saturated rings. The molecule has 0 amide bonds. The first-order valence-corrected chi connectivity index (χ1v) is 19.9. The molecule has 266 valence electrons. The third-order valence-electron chi connectivity index (χ3n) is 13.1. The Kier molecular flexibility index (Phi) is 7.05. The van der Waals surface area contributed by atoms with Crippen LogP contribution in [0.25, 0.3) is 88.3 Å². The number of hydrogen-bond donors (Lipinski definition) is 0. The predicted molar refractivity (Wildman–Crippen MR) is 238 cm³/mol. The van der Waals surface area contributed by atoms with Gasteiger partial charge < -0.3 is 0 Å². The highest BCUT2D eigenvalue weighted by molar-refractivity contribution is 6.22. The highest BCUT2D eigenvalue weighted by Crippen LogP contribution is 2.53. The van der Waals surface area contributed by atoms with Crippen LogP contribution in [0.3, 0.4) is 0 Å². The van der Waals surface area contributed by atoms with E-state index in [1.165, 1.54) is 111 Å². The molecule has 56 heavy (non-hydrogen) atoms. The van der Waals surface area contributed by atoms with E-state index in [9.17, 15) is 0 Å². The zero-order chi connectivity index (χ0) is 37.8. The van der Waals surface area contributed by atoms with Gasteiger partial charge in [0, 0.05) is 10.8 Å². The van der Waals surface area contributed by atoms with Crippen LogP contribution in [0.2, 0.25) is 0 Å². The van der Waals surface area contributed by atoms with Gasteiger partial charge in [-0.25, -0.2) is 0 Å². The van der Waals surface area contributed by atoms with Gasteiger partial charge in [0.2, 0.25) is 0 Å². The Morgan fingerprint density at radius 1 is 0.250 bits per heavy atom. The molecule has 0 nitrogen and oxygen atoms in total. The molecule has 0 bridgehead atoms. The molecule has 0 saturated heterocycles. The minimum Gasteiger partial charge on any atom is -0.0622 e. The summed E-state index contributed by atoms with van der Waals surface area (Å²) in [4.78, 5) is 0. The van der Waals surface area contributed by atoms with Crippen molar-refractivity contribution in [3.63, 3.8) is 0 Å². The molecule has 2 aliphatic rings. The van der Waals surface area contributed by atoms with Crippen LogP contribution in [0.1, 0.15) is 49.9 Å². The van der Waals surface area contributed by atoms with Crippen molar-refractivity contribution in [2.75, 3.05) is 0 Å². The normalized spacial score (nSPS) is 14.4. The molecule has 9 aromatic rings. The summed E-state index contributed by atoms with van der Waals surface area (Å²) >= 11 is 0. The summed E-state index contributed by atoms with van der Waals surface area (Å²) < 4.78 is 0. The molecule has 0 heteroatoms. The van der Waals surface area contributed by atoms with Crippen LogP contribution in [-0.4, -0.2) is 0 Å². The molecular formula is C56H42. The molecular weight excluding hydrogens is 673 g/mol. The fourth-order valence-electron chi connectivity index (χ4n) is 10.2. The molecule has 0 aliphatic heterocycles. The fourth-order valence-corrected chi connectivity index (χ4v) is 10.2. The highest BCUT2D eigenvalue weighted by Gasteiger charge is 2.36. The predicted octanol–water partition coefficient (Wildman–Crippen LogP) is 15.3. The van der Waals surface area contributed by atoms with Gasteiger partial charge in [-0.1, -0.05) is 185 Å². The third-order valence-corrected chi connectivity index (χ3v) is 13.1. The summed E-state index contributed by atoms with van der Waals surface area (Å²) in [5.41, 5.74) is 20.9. The van der Waals surface area contributed by atoms with Crippen molar-refractivity contribution in [1.29, 1.82) is 0 Å². The Bertz CT molecular complexity index is 3060. The Labute approximate surface area is 329 Å². The first-order valence-electron chi connectivity index (χ1n) is 19.9. The van der Waals surface area contributed by atoms with Crippen molar-refractivity contribution in [3.8, 4) is 66.8 Å². The van der Waals surface area contributed by atoms with Gasteiger partial charge in [0.1, 0.15) is 0 Å². The van der Waals surface area contributed by atoms with Crippen molar-refractivity contribution in [2.45, 2.75) is 38.5 Å². The van der Waals surface area contributed by atoms with Crippen LogP contribution in [0, 0.1) is 0 Å². The Hall–Kier alpha value is -6.50. The Balaban J connectivity index is 1.19. The van der Waals surface area contributed by atoms with Gasteiger partial charge in [-0.2, -0.15) is 0 Å². The lowest BCUT2D eigenvalue weighted by molar-refractivity contribution is 0.660. The van der Waals surface area contributed by atoms with Gasteiger partial charge in [0.25, 0.3) is 0 Å². The van der Waals surface area contributed by atoms with Gasteiger partial charge >= 0.3 is 0 Å². The van der Waals surface area contributed by atoms with Crippen molar-refractivity contribution in [3.05, 3.63) is 204 Å². The highest BCUT2D eigenvalue weighted by atomic mass is 14.4. The molecule has 11 rings (SSSR count). The van der Waals surface area contributed by atoms with Crippen LogP contribution in [-0.2, 0) is 10.8 Å². The van der Waals surface area contributed by atoms with Gasteiger partial charge in [0.15, 0.2) is 0 Å². The van der Waals surface area contributed by atoms with E-state index in [-0.39, 0.29) is 10.8 Å². The smallest absolute Gasteiger partial charge is 0.0159 e. The van der Waals surface area contributed by atoms with Gasteiger partial charge in [-0.3, -0.25) is 0 Å². The van der Waals surface area contributed by atoms with Crippen molar-refractivity contribution < 1.29 is 0 Å². The van der Waals surface area contributed by atoms with Crippen molar-refractivity contribution in [1.82, 2.24) is 0 Å². The first kappa shape index (κ1) is 32.9. The van der Waals surface area contributed by atoms with E-state index in [0.717, 1.165) is 0 Å². The molecule has 0 radical (unpaired) electrons. The van der Waals surface area contributed by atoms with E-state index in [0.29, 0.717) is 0 Å². The second kappa shape index (κ2) is 12.0. The number of fused-ring (bicyclic) bond motifs is 8. The SMILES string of the molecule is CC1(C)c2ccccc2-c2cc(-c3c4ccccc4c(-c4cccc(-c5ccccc5)c4)c4ccc(-c5ccc6c(c5)C(C)(C)c5ccccc5-6)cc34)ccc21.